The molecule has 0 spiro atoms. The van der Waals surface area contributed by atoms with E-state index in [0.717, 1.165) is 18.0 Å². The molecular formula is C26H55NO. The largest absolute Gasteiger partial charge is 0.300 e. The second-order valence-corrected chi connectivity index (χ2v) is 6.55. The summed E-state index contributed by atoms with van der Waals surface area (Å²) in [4.78, 5) is 13.9. The standard InChI is InChI=1S/C10H17N.C8H18.C4H8O.2C2H6/c1-5-7-10(6-2)8-11-9(3)4;1-4-5-6-7-8(2)3;1-3-4(2)5;2*1-2/h6,8H,3,5,7H2,1-2,4H3;8H,4-7H2,1-3H3;3H2,1-2H3;2*1-2H3/b10-6-,11-8?;;;;. The molecule has 2 nitrogen and oxygen atoms in total. The van der Waals surface area contributed by atoms with Crippen molar-refractivity contribution in [3.63, 3.8) is 0 Å². The van der Waals surface area contributed by atoms with Crippen LogP contribution in [0.25, 0.3) is 0 Å². The van der Waals surface area contributed by atoms with Gasteiger partial charge in [-0.1, -0.05) is 107 Å². The summed E-state index contributed by atoms with van der Waals surface area (Å²) in [6.45, 7) is 28.1. The Bertz CT molecular complexity index is 351. The van der Waals surface area contributed by atoms with Gasteiger partial charge in [-0.05, 0) is 38.7 Å². The molecule has 0 aliphatic carbocycles. The maximum atomic E-state index is 9.81. The zero-order valence-corrected chi connectivity index (χ0v) is 21.7. The number of carbonyl (C=O) groups excluding carboxylic acids is 1. The molecule has 0 fully saturated rings. The van der Waals surface area contributed by atoms with E-state index in [0.29, 0.717) is 6.42 Å². The normalized spacial score (nSPS) is 9.68. The molecule has 0 atom stereocenters. The van der Waals surface area contributed by atoms with Crippen LogP contribution in [0.15, 0.2) is 28.9 Å². The molecule has 0 rings (SSSR count). The summed E-state index contributed by atoms with van der Waals surface area (Å²) in [5.41, 5.74) is 2.15. The van der Waals surface area contributed by atoms with Gasteiger partial charge in [-0.25, -0.2) is 0 Å². The Morgan fingerprint density at radius 2 is 1.43 bits per heavy atom. The first-order valence-corrected chi connectivity index (χ1v) is 11.6. The van der Waals surface area contributed by atoms with Crippen molar-refractivity contribution in [2.45, 2.75) is 128 Å². The smallest absolute Gasteiger partial charge is 0.129 e. The summed E-state index contributed by atoms with van der Waals surface area (Å²) in [7, 11) is 0. The van der Waals surface area contributed by atoms with Crippen LogP contribution in [0.4, 0.5) is 0 Å². The molecule has 0 heterocycles. The number of carbonyl (C=O) groups is 1. The summed E-state index contributed by atoms with van der Waals surface area (Å²) in [5, 5.41) is 0. The van der Waals surface area contributed by atoms with Gasteiger partial charge in [0.15, 0.2) is 0 Å². The number of ketones is 1. The number of nitrogens with zero attached hydrogens (tertiary/aromatic N) is 1. The molecule has 0 saturated heterocycles. The van der Waals surface area contributed by atoms with Crippen LogP contribution in [-0.2, 0) is 4.79 Å². The fraction of sp³-hybridized carbons (Fsp3) is 0.769. The van der Waals surface area contributed by atoms with Crippen molar-refractivity contribution in [3.05, 3.63) is 23.9 Å². The minimum absolute atomic E-state index is 0.255. The third-order valence-electron chi connectivity index (χ3n) is 3.24. The van der Waals surface area contributed by atoms with Crippen LogP contribution in [0.3, 0.4) is 0 Å². The lowest BCUT2D eigenvalue weighted by Crippen LogP contribution is -1.85. The summed E-state index contributed by atoms with van der Waals surface area (Å²) in [6.07, 6.45) is 12.5. The van der Waals surface area contributed by atoms with Crippen LogP contribution in [-0.4, -0.2) is 12.0 Å². The van der Waals surface area contributed by atoms with Gasteiger partial charge >= 0.3 is 0 Å². The molecule has 0 amide bonds. The van der Waals surface area contributed by atoms with Gasteiger partial charge in [-0.3, -0.25) is 4.99 Å². The van der Waals surface area contributed by atoms with Crippen LogP contribution in [0, 0.1) is 5.92 Å². The molecule has 0 unspecified atom stereocenters. The van der Waals surface area contributed by atoms with Gasteiger partial charge in [0.05, 0.1) is 0 Å². The topological polar surface area (TPSA) is 29.4 Å². The summed E-state index contributed by atoms with van der Waals surface area (Å²) in [5.74, 6) is 1.16. The molecule has 2 heteroatoms. The van der Waals surface area contributed by atoms with Crippen LogP contribution in [0.1, 0.15) is 128 Å². The molecule has 0 aromatic heterocycles. The quantitative estimate of drug-likeness (QED) is 0.281. The van der Waals surface area contributed by atoms with Gasteiger partial charge in [0.25, 0.3) is 0 Å². The second-order valence-electron chi connectivity index (χ2n) is 6.55. The summed E-state index contributed by atoms with van der Waals surface area (Å²) >= 11 is 0. The van der Waals surface area contributed by atoms with Crippen LogP contribution >= 0.6 is 0 Å². The average molecular weight is 398 g/mol. The van der Waals surface area contributed by atoms with E-state index < -0.39 is 0 Å². The van der Waals surface area contributed by atoms with Crippen LogP contribution < -0.4 is 0 Å². The van der Waals surface area contributed by atoms with E-state index in [4.69, 9.17) is 0 Å². The molecule has 28 heavy (non-hydrogen) atoms. The zero-order chi connectivity index (χ0) is 23.4. The van der Waals surface area contributed by atoms with E-state index in [1.165, 1.54) is 37.7 Å². The Balaban J connectivity index is -0.0000000912. The van der Waals surface area contributed by atoms with E-state index in [9.17, 15) is 4.79 Å². The van der Waals surface area contributed by atoms with Crippen molar-refractivity contribution in [2.75, 3.05) is 0 Å². The first-order chi connectivity index (χ1) is 13.2. The van der Waals surface area contributed by atoms with E-state index in [1.807, 2.05) is 54.7 Å². The van der Waals surface area contributed by atoms with Crippen molar-refractivity contribution in [1.29, 1.82) is 0 Å². The molecule has 0 N–H and O–H groups in total. The minimum atomic E-state index is 0.255. The highest BCUT2D eigenvalue weighted by Crippen LogP contribution is 2.06. The predicted octanol–water partition coefficient (Wildman–Crippen LogP) is 9.60. The first-order valence-electron chi connectivity index (χ1n) is 11.6. The molecule has 0 saturated carbocycles. The highest BCUT2D eigenvalue weighted by atomic mass is 16.1. The minimum Gasteiger partial charge on any atom is -0.300 e. The monoisotopic (exact) mass is 397 g/mol. The highest BCUT2D eigenvalue weighted by Gasteiger charge is 1.90. The number of Topliss-reactive ketones (excluding diaryl/α,β-unsaturated/α-hetero) is 1. The maximum Gasteiger partial charge on any atom is 0.129 e. The summed E-state index contributed by atoms with van der Waals surface area (Å²) in [6, 6.07) is 0. The number of aliphatic imine (C=N–C) groups is 1. The first kappa shape index (κ1) is 37.6. The number of hydrogen-bond donors (Lipinski definition) is 0. The third-order valence-corrected chi connectivity index (χ3v) is 3.24. The predicted molar refractivity (Wildman–Crippen MR) is 135 cm³/mol. The second kappa shape index (κ2) is 36.7. The van der Waals surface area contributed by atoms with Gasteiger partial charge in [0.2, 0.25) is 0 Å². The van der Waals surface area contributed by atoms with Crippen molar-refractivity contribution < 1.29 is 4.79 Å². The van der Waals surface area contributed by atoms with Crippen molar-refractivity contribution in [1.82, 2.24) is 0 Å². The fourth-order valence-electron chi connectivity index (χ4n) is 1.57. The van der Waals surface area contributed by atoms with Crippen molar-refractivity contribution in [2.24, 2.45) is 10.9 Å². The third kappa shape index (κ3) is 56.3. The Labute approximate surface area is 180 Å². The number of hydrogen-bond acceptors (Lipinski definition) is 2. The van der Waals surface area contributed by atoms with E-state index in [2.05, 4.69) is 45.3 Å². The Hall–Kier alpha value is -1.18. The van der Waals surface area contributed by atoms with Gasteiger partial charge in [0, 0.05) is 18.3 Å². The average Bonchev–Trinajstić information content (AvgIpc) is 2.69. The van der Waals surface area contributed by atoms with E-state index in [1.54, 1.807) is 6.92 Å². The van der Waals surface area contributed by atoms with Crippen LogP contribution in [0.2, 0.25) is 0 Å². The Morgan fingerprint density at radius 1 is 0.964 bits per heavy atom. The molecule has 0 radical (unpaired) electrons. The van der Waals surface area contributed by atoms with Gasteiger partial charge < -0.3 is 4.79 Å². The lowest BCUT2D eigenvalue weighted by molar-refractivity contribution is -0.116. The van der Waals surface area contributed by atoms with Gasteiger partial charge in [0.1, 0.15) is 5.78 Å². The van der Waals surface area contributed by atoms with Crippen molar-refractivity contribution >= 4 is 12.0 Å². The van der Waals surface area contributed by atoms with E-state index in [-0.39, 0.29) is 5.78 Å². The van der Waals surface area contributed by atoms with Gasteiger partial charge in [-0.2, -0.15) is 0 Å². The Morgan fingerprint density at radius 3 is 1.68 bits per heavy atom. The SMILES string of the molecule is C=C(C)N=C/C(=C\C)CCC.CC.CC.CCC(C)=O.CCCCCC(C)C. The highest BCUT2D eigenvalue weighted by molar-refractivity contribution is 5.79. The molecule has 0 aliphatic rings. The number of unbranched alkanes of at least 4 members (excludes halogenated alkanes) is 2. The Kier molecular flexibility index (Phi) is 49.2. The maximum absolute atomic E-state index is 9.81. The van der Waals surface area contributed by atoms with Crippen molar-refractivity contribution in [3.8, 4) is 0 Å². The van der Waals surface area contributed by atoms with Crippen LogP contribution in [0.5, 0.6) is 0 Å². The lowest BCUT2D eigenvalue weighted by atomic mass is 10.1. The lowest BCUT2D eigenvalue weighted by Gasteiger charge is -2.00. The number of rotatable bonds is 9. The molecular weight excluding hydrogens is 342 g/mol. The molecule has 0 aromatic rings. The zero-order valence-electron chi connectivity index (χ0n) is 21.7. The fourth-order valence-corrected chi connectivity index (χ4v) is 1.57. The molecule has 170 valence electrons. The molecule has 0 bridgehead atoms. The molecule has 0 aliphatic heterocycles. The summed E-state index contributed by atoms with van der Waals surface area (Å²) < 4.78 is 0. The van der Waals surface area contributed by atoms with E-state index >= 15 is 0 Å². The number of allylic oxidation sites excluding steroid dienone is 3. The molecule has 0 aromatic carbocycles. The van der Waals surface area contributed by atoms with Gasteiger partial charge in [-0.15, -0.1) is 0 Å².